The highest BCUT2D eigenvalue weighted by atomic mass is 32.2. The second-order valence-electron chi connectivity index (χ2n) is 3.67. The molecule has 0 unspecified atom stereocenters. The van der Waals surface area contributed by atoms with Crippen molar-refractivity contribution in [1.29, 1.82) is 0 Å². The van der Waals surface area contributed by atoms with Crippen molar-refractivity contribution < 1.29 is 4.21 Å². The monoisotopic (exact) mass is 209 g/mol. The van der Waals surface area contributed by atoms with Crippen molar-refractivity contribution >= 4 is 16.5 Å². The SMILES string of the molecule is Cc1ccc(N2CCS(=O)CC2)cc1. The van der Waals surface area contributed by atoms with Crippen LogP contribution in [0.4, 0.5) is 5.69 Å². The van der Waals surface area contributed by atoms with Gasteiger partial charge in [0, 0.05) is 41.1 Å². The minimum Gasteiger partial charge on any atom is -0.370 e. The molecule has 0 radical (unpaired) electrons. The molecule has 0 spiro atoms. The number of rotatable bonds is 1. The summed E-state index contributed by atoms with van der Waals surface area (Å²) in [4.78, 5) is 2.31. The summed E-state index contributed by atoms with van der Waals surface area (Å²) in [7, 11) is -0.581. The van der Waals surface area contributed by atoms with Gasteiger partial charge in [0.25, 0.3) is 0 Å². The van der Waals surface area contributed by atoms with Crippen LogP contribution < -0.4 is 4.90 Å². The van der Waals surface area contributed by atoms with Gasteiger partial charge in [-0.1, -0.05) is 17.7 Å². The van der Waals surface area contributed by atoms with E-state index in [1.54, 1.807) is 0 Å². The maximum absolute atomic E-state index is 11.2. The van der Waals surface area contributed by atoms with Crippen LogP contribution in [0.2, 0.25) is 0 Å². The number of nitrogens with zero attached hydrogens (tertiary/aromatic N) is 1. The van der Waals surface area contributed by atoms with Crippen LogP contribution in [-0.2, 0) is 10.8 Å². The molecule has 0 bridgehead atoms. The fourth-order valence-electron chi connectivity index (χ4n) is 1.65. The molecule has 2 rings (SSSR count). The molecule has 1 fully saturated rings. The molecule has 1 saturated heterocycles. The lowest BCUT2D eigenvalue weighted by Crippen LogP contribution is -2.37. The van der Waals surface area contributed by atoms with Crippen LogP contribution in [0.25, 0.3) is 0 Å². The lowest BCUT2D eigenvalue weighted by Gasteiger charge is -2.28. The highest BCUT2D eigenvalue weighted by Crippen LogP contribution is 2.16. The van der Waals surface area contributed by atoms with E-state index in [1.807, 2.05) is 0 Å². The fourth-order valence-corrected chi connectivity index (χ4v) is 2.70. The molecule has 14 heavy (non-hydrogen) atoms. The summed E-state index contributed by atoms with van der Waals surface area (Å²) < 4.78 is 11.2. The molecular weight excluding hydrogens is 194 g/mol. The van der Waals surface area contributed by atoms with Gasteiger partial charge >= 0.3 is 0 Å². The first-order valence-corrected chi connectivity index (χ1v) is 6.41. The van der Waals surface area contributed by atoms with Crippen molar-refractivity contribution in [3.63, 3.8) is 0 Å². The second-order valence-corrected chi connectivity index (χ2v) is 5.37. The highest BCUT2D eigenvalue weighted by molar-refractivity contribution is 7.85. The van der Waals surface area contributed by atoms with Crippen LogP contribution in [0.1, 0.15) is 5.56 Å². The second kappa shape index (κ2) is 4.13. The van der Waals surface area contributed by atoms with Gasteiger partial charge in [-0.2, -0.15) is 0 Å². The van der Waals surface area contributed by atoms with Gasteiger partial charge in [-0.15, -0.1) is 0 Å². The van der Waals surface area contributed by atoms with Gasteiger partial charge in [0.15, 0.2) is 0 Å². The number of hydrogen-bond acceptors (Lipinski definition) is 2. The summed E-state index contributed by atoms with van der Waals surface area (Å²) in [6, 6.07) is 8.54. The molecule has 1 heterocycles. The normalized spacial score (nSPS) is 18.5. The summed E-state index contributed by atoms with van der Waals surface area (Å²) in [6.45, 7) is 3.94. The average Bonchev–Trinajstić information content (AvgIpc) is 2.21. The van der Waals surface area contributed by atoms with E-state index >= 15 is 0 Å². The lowest BCUT2D eigenvalue weighted by atomic mass is 10.2. The van der Waals surface area contributed by atoms with E-state index in [2.05, 4.69) is 36.1 Å². The van der Waals surface area contributed by atoms with Crippen molar-refractivity contribution in [1.82, 2.24) is 0 Å². The van der Waals surface area contributed by atoms with Crippen molar-refractivity contribution in [2.75, 3.05) is 29.5 Å². The molecule has 1 aliphatic rings. The maximum atomic E-state index is 11.2. The number of aryl methyl sites for hydroxylation is 1. The Morgan fingerprint density at radius 3 is 2.29 bits per heavy atom. The Labute approximate surface area is 87.4 Å². The Kier molecular flexibility index (Phi) is 2.87. The maximum Gasteiger partial charge on any atom is 0.0411 e. The smallest absolute Gasteiger partial charge is 0.0411 e. The van der Waals surface area contributed by atoms with E-state index in [4.69, 9.17) is 0 Å². The van der Waals surface area contributed by atoms with E-state index in [1.165, 1.54) is 11.3 Å². The summed E-state index contributed by atoms with van der Waals surface area (Å²) in [6.07, 6.45) is 0. The Bertz CT molecular complexity index is 324. The zero-order valence-electron chi connectivity index (χ0n) is 8.40. The van der Waals surface area contributed by atoms with Crippen molar-refractivity contribution in [2.24, 2.45) is 0 Å². The summed E-state index contributed by atoms with van der Waals surface area (Å²) in [5.41, 5.74) is 2.54. The summed E-state index contributed by atoms with van der Waals surface area (Å²) in [5, 5.41) is 0. The Morgan fingerprint density at radius 2 is 1.71 bits per heavy atom. The van der Waals surface area contributed by atoms with E-state index in [9.17, 15) is 4.21 Å². The molecule has 0 aliphatic carbocycles. The van der Waals surface area contributed by atoms with Crippen molar-refractivity contribution in [3.05, 3.63) is 29.8 Å². The van der Waals surface area contributed by atoms with Crippen LogP contribution in [0.15, 0.2) is 24.3 Å². The molecule has 1 aliphatic heterocycles. The van der Waals surface area contributed by atoms with Crippen LogP contribution in [0.3, 0.4) is 0 Å². The number of hydrogen-bond donors (Lipinski definition) is 0. The van der Waals surface area contributed by atoms with Gasteiger partial charge in [-0.05, 0) is 19.1 Å². The summed E-state index contributed by atoms with van der Waals surface area (Å²) >= 11 is 0. The molecule has 2 nitrogen and oxygen atoms in total. The predicted octanol–water partition coefficient (Wildman–Crippen LogP) is 1.56. The van der Waals surface area contributed by atoms with Crippen LogP contribution in [0.5, 0.6) is 0 Å². The van der Waals surface area contributed by atoms with Crippen molar-refractivity contribution in [2.45, 2.75) is 6.92 Å². The predicted molar refractivity (Wildman–Crippen MR) is 61.3 cm³/mol. The van der Waals surface area contributed by atoms with E-state index in [-0.39, 0.29) is 0 Å². The molecular formula is C11H15NOS. The zero-order chi connectivity index (χ0) is 9.97. The van der Waals surface area contributed by atoms with Gasteiger partial charge < -0.3 is 4.90 Å². The first-order chi connectivity index (χ1) is 6.75. The quantitative estimate of drug-likeness (QED) is 0.699. The molecule has 1 aromatic carbocycles. The Hall–Kier alpha value is -0.830. The molecule has 0 atom stereocenters. The third kappa shape index (κ3) is 2.15. The lowest BCUT2D eigenvalue weighted by molar-refractivity contribution is 0.673. The van der Waals surface area contributed by atoms with Gasteiger partial charge in [0.1, 0.15) is 0 Å². The molecule has 0 N–H and O–H groups in total. The van der Waals surface area contributed by atoms with Crippen molar-refractivity contribution in [3.8, 4) is 0 Å². The Morgan fingerprint density at radius 1 is 1.14 bits per heavy atom. The van der Waals surface area contributed by atoms with Crippen LogP contribution >= 0.6 is 0 Å². The molecule has 0 aromatic heterocycles. The standard InChI is InChI=1S/C11H15NOS/c1-10-2-4-11(5-3-10)12-6-8-14(13)9-7-12/h2-5H,6-9H2,1H3. The third-order valence-electron chi connectivity index (χ3n) is 2.58. The number of benzene rings is 1. The van der Waals surface area contributed by atoms with Gasteiger partial charge in [0.05, 0.1) is 0 Å². The van der Waals surface area contributed by atoms with E-state index < -0.39 is 10.8 Å². The minimum absolute atomic E-state index is 0.581. The Balaban J connectivity index is 2.08. The molecule has 3 heteroatoms. The first-order valence-electron chi connectivity index (χ1n) is 4.92. The fraction of sp³-hybridized carbons (Fsp3) is 0.455. The van der Waals surface area contributed by atoms with Gasteiger partial charge in [-0.3, -0.25) is 4.21 Å². The first kappa shape index (κ1) is 9.71. The molecule has 0 saturated carbocycles. The van der Waals surface area contributed by atoms with E-state index in [0.717, 1.165) is 24.6 Å². The average molecular weight is 209 g/mol. The largest absolute Gasteiger partial charge is 0.370 e. The van der Waals surface area contributed by atoms with Crippen LogP contribution in [0, 0.1) is 6.92 Å². The number of anilines is 1. The van der Waals surface area contributed by atoms with E-state index in [0.29, 0.717) is 0 Å². The topological polar surface area (TPSA) is 20.3 Å². The minimum atomic E-state index is -0.581. The molecule has 1 aromatic rings. The third-order valence-corrected chi connectivity index (χ3v) is 3.85. The van der Waals surface area contributed by atoms with Gasteiger partial charge in [-0.25, -0.2) is 0 Å². The summed E-state index contributed by atoms with van der Waals surface area (Å²) in [5.74, 6) is 1.63. The molecule has 76 valence electrons. The van der Waals surface area contributed by atoms with Gasteiger partial charge in [0.2, 0.25) is 0 Å². The highest BCUT2D eigenvalue weighted by Gasteiger charge is 2.14. The zero-order valence-corrected chi connectivity index (χ0v) is 9.22. The molecule has 0 amide bonds. The van der Waals surface area contributed by atoms with Crippen LogP contribution in [-0.4, -0.2) is 28.8 Å².